The zero-order chi connectivity index (χ0) is 15.2. The Bertz CT molecular complexity index is 612. The van der Waals surface area contributed by atoms with Gasteiger partial charge in [-0.1, -0.05) is 35.9 Å². The van der Waals surface area contributed by atoms with Crippen LogP contribution in [-0.2, 0) is 4.79 Å². The molecule has 21 heavy (non-hydrogen) atoms. The third kappa shape index (κ3) is 4.48. The molecule has 0 radical (unpaired) electrons. The van der Waals surface area contributed by atoms with Crippen molar-refractivity contribution >= 4 is 23.2 Å². The first-order valence-electron chi connectivity index (χ1n) is 6.59. The number of benzene rings is 2. The molecular weight excluding hydrogens is 288 g/mol. The molecule has 0 saturated carbocycles. The fraction of sp³-hybridized carbons (Fsp3) is 0.188. The minimum absolute atomic E-state index is 0.0254. The van der Waals surface area contributed by atoms with E-state index in [2.05, 4.69) is 5.32 Å². The van der Waals surface area contributed by atoms with E-state index in [4.69, 9.17) is 22.1 Å². The summed E-state index contributed by atoms with van der Waals surface area (Å²) in [7, 11) is 0. The second-order valence-electron chi connectivity index (χ2n) is 4.67. The predicted octanol–water partition coefficient (Wildman–Crippen LogP) is 3.38. The van der Waals surface area contributed by atoms with E-state index in [1.54, 1.807) is 36.4 Å². The fourth-order valence-corrected chi connectivity index (χ4v) is 1.95. The smallest absolute Gasteiger partial charge is 0.262 e. The van der Waals surface area contributed by atoms with Gasteiger partial charge in [0.1, 0.15) is 5.75 Å². The molecule has 0 aliphatic carbocycles. The van der Waals surface area contributed by atoms with Gasteiger partial charge in [0.25, 0.3) is 5.91 Å². The highest BCUT2D eigenvalue weighted by Crippen LogP contribution is 2.20. The standard InChI is InChI=1S/C16H17ClN2O2/c1-11(18)12-6-8-13(9-7-12)21-10-16(20)19-15-5-3-2-4-14(15)17/h2-9,11H,10,18H2,1H3,(H,19,20). The average Bonchev–Trinajstić information content (AvgIpc) is 2.48. The third-order valence-corrected chi connectivity index (χ3v) is 3.25. The van der Waals surface area contributed by atoms with Crippen LogP contribution in [0.1, 0.15) is 18.5 Å². The molecule has 0 bridgehead atoms. The minimum Gasteiger partial charge on any atom is -0.484 e. The Balaban J connectivity index is 1.88. The highest BCUT2D eigenvalue weighted by atomic mass is 35.5. The van der Waals surface area contributed by atoms with Crippen LogP contribution in [0.2, 0.25) is 5.02 Å². The lowest BCUT2D eigenvalue weighted by atomic mass is 10.1. The molecular formula is C16H17ClN2O2. The zero-order valence-corrected chi connectivity index (χ0v) is 12.4. The van der Waals surface area contributed by atoms with Crippen molar-refractivity contribution in [1.82, 2.24) is 0 Å². The summed E-state index contributed by atoms with van der Waals surface area (Å²) in [5.41, 5.74) is 7.35. The lowest BCUT2D eigenvalue weighted by molar-refractivity contribution is -0.118. The summed E-state index contributed by atoms with van der Waals surface area (Å²) in [6, 6.07) is 14.4. The van der Waals surface area contributed by atoms with Gasteiger partial charge in [-0.15, -0.1) is 0 Å². The largest absolute Gasteiger partial charge is 0.484 e. The number of ether oxygens (including phenoxy) is 1. The first-order valence-corrected chi connectivity index (χ1v) is 6.97. The zero-order valence-electron chi connectivity index (χ0n) is 11.7. The second-order valence-corrected chi connectivity index (χ2v) is 5.08. The SMILES string of the molecule is CC(N)c1ccc(OCC(=O)Nc2ccccc2Cl)cc1. The van der Waals surface area contributed by atoms with Crippen molar-refractivity contribution in [1.29, 1.82) is 0 Å². The van der Waals surface area contributed by atoms with Crippen LogP contribution in [0, 0.1) is 0 Å². The number of rotatable bonds is 5. The Morgan fingerprint density at radius 3 is 2.52 bits per heavy atom. The normalized spacial score (nSPS) is 11.8. The van der Waals surface area contributed by atoms with E-state index in [1.807, 2.05) is 19.1 Å². The Hall–Kier alpha value is -2.04. The number of carbonyl (C=O) groups excluding carboxylic acids is 1. The topological polar surface area (TPSA) is 64.3 Å². The molecule has 5 heteroatoms. The van der Waals surface area contributed by atoms with Gasteiger partial charge >= 0.3 is 0 Å². The van der Waals surface area contributed by atoms with Gasteiger partial charge in [0.2, 0.25) is 0 Å². The van der Waals surface area contributed by atoms with E-state index in [0.717, 1.165) is 5.56 Å². The maximum absolute atomic E-state index is 11.8. The highest BCUT2D eigenvalue weighted by Gasteiger charge is 2.06. The first-order chi connectivity index (χ1) is 10.1. The summed E-state index contributed by atoms with van der Waals surface area (Å²) < 4.78 is 5.42. The van der Waals surface area contributed by atoms with Crippen molar-refractivity contribution < 1.29 is 9.53 Å². The molecule has 0 heterocycles. The number of para-hydroxylation sites is 1. The van der Waals surface area contributed by atoms with Gasteiger partial charge in [0.05, 0.1) is 10.7 Å². The maximum Gasteiger partial charge on any atom is 0.262 e. The number of carbonyl (C=O) groups is 1. The summed E-state index contributed by atoms with van der Waals surface area (Å²) in [6.45, 7) is 1.83. The van der Waals surface area contributed by atoms with E-state index in [0.29, 0.717) is 16.5 Å². The Morgan fingerprint density at radius 1 is 1.24 bits per heavy atom. The van der Waals surface area contributed by atoms with Crippen molar-refractivity contribution in [3.63, 3.8) is 0 Å². The van der Waals surface area contributed by atoms with Gasteiger partial charge < -0.3 is 15.8 Å². The van der Waals surface area contributed by atoms with Crippen molar-refractivity contribution in [2.45, 2.75) is 13.0 Å². The summed E-state index contributed by atoms with van der Waals surface area (Å²) in [4.78, 5) is 11.8. The number of halogens is 1. The van der Waals surface area contributed by atoms with Gasteiger partial charge in [0, 0.05) is 6.04 Å². The second kappa shape index (κ2) is 7.11. The van der Waals surface area contributed by atoms with E-state index in [1.165, 1.54) is 0 Å². The molecule has 4 nitrogen and oxygen atoms in total. The van der Waals surface area contributed by atoms with E-state index in [-0.39, 0.29) is 18.6 Å². The van der Waals surface area contributed by atoms with Crippen molar-refractivity contribution in [3.8, 4) is 5.75 Å². The highest BCUT2D eigenvalue weighted by molar-refractivity contribution is 6.33. The van der Waals surface area contributed by atoms with Crippen molar-refractivity contribution in [3.05, 3.63) is 59.1 Å². The monoisotopic (exact) mass is 304 g/mol. The molecule has 3 N–H and O–H groups in total. The predicted molar refractivity (Wildman–Crippen MR) is 84.6 cm³/mol. The van der Waals surface area contributed by atoms with Gasteiger partial charge in [-0.3, -0.25) is 4.79 Å². The van der Waals surface area contributed by atoms with Gasteiger partial charge in [-0.2, -0.15) is 0 Å². The maximum atomic E-state index is 11.8. The summed E-state index contributed by atoms with van der Waals surface area (Å²) >= 11 is 5.97. The van der Waals surface area contributed by atoms with Crippen LogP contribution in [0.25, 0.3) is 0 Å². The molecule has 1 atom stereocenters. The van der Waals surface area contributed by atoms with Crippen LogP contribution < -0.4 is 15.8 Å². The number of amides is 1. The lowest BCUT2D eigenvalue weighted by Gasteiger charge is -2.10. The lowest BCUT2D eigenvalue weighted by Crippen LogP contribution is -2.20. The average molecular weight is 305 g/mol. The van der Waals surface area contributed by atoms with Gasteiger partial charge in [-0.25, -0.2) is 0 Å². The van der Waals surface area contributed by atoms with Crippen molar-refractivity contribution in [2.24, 2.45) is 5.73 Å². The van der Waals surface area contributed by atoms with E-state index < -0.39 is 0 Å². The molecule has 0 aromatic heterocycles. The fourth-order valence-electron chi connectivity index (χ4n) is 1.77. The van der Waals surface area contributed by atoms with E-state index >= 15 is 0 Å². The molecule has 0 aliphatic heterocycles. The van der Waals surface area contributed by atoms with Crippen LogP contribution in [-0.4, -0.2) is 12.5 Å². The summed E-state index contributed by atoms with van der Waals surface area (Å²) in [5, 5.41) is 3.19. The Kier molecular flexibility index (Phi) is 5.20. The molecule has 0 fully saturated rings. The van der Waals surface area contributed by atoms with Crippen LogP contribution in [0.4, 0.5) is 5.69 Å². The van der Waals surface area contributed by atoms with E-state index in [9.17, 15) is 4.79 Å². The van der Waals surface area contributed by atoms with Crippen LogP contribution in [0.5, 0.6) is 5.75 Å². The first kappa shape index (κ1) is 15.4. The molecule has 0 spiro atoms. The molecule has 0 saturated heterocycles. The molecule has 2 aromatic rings. The van der Waals surface area contributed by atoms with Crippen LogP contribution in [0.15, 0.2) is 48.5 Å². The van der Waals surface area contributed by atoms with Gasteiger partial charge in [0.15, 0.2) is 6.61 Å². The number of hydrogen-bond acceptors (Lipinski definition) is 3. The Labute approximate surface area is 128 Å². The third-order valence-electron chi connectivity index (χ3n) is 2.92. The molecule has 1 amide bonds. The number of hydrogen-bond donors (Lipinski definition) is 2. The number of nitrogens with two attached hydrogens (primary N) is 1. The van der Waals surface area contributed by atoms with Crippen molar-refractivity contribution in [2.75, 3.05) is 11.9 Å². The van der Waals surface area contributed by atoms with Gasteiger partial charge in [-0.05, 0) is 36.8 Å². The Morgan fingerprint density at radius 2 is 1.90 bits per heavy atom. The van der Waals surface area contributed by atoms with Crippen LogP contribution in [0.3, 0.4) is 0 Å². The molecule has 2 rings (SSSR count). The molecule has 0 aliphatic rings. The number of anilines is 1. The molecule has 2 aromatic carbocycles. The molecule has 1 unspecified atom stereocenters. The number of nitrogens with one attached hydrogen (secondary N) is 1. The molecule has 110 valence electrons. The minimum atomic E-state index is -0.264. The summed E-state index contributed by atoms with van der Waals surface area (Å²) in [5.74, 6) is 0.355. The van der Waals surface area contributed by atoms with Crippen LogP contribution >= 0.6 is 11.6 Å². The summed E-state index contributed by atoms with van der Waals surface area (Å²) in [6.07, 6.45) is 0. The quantitative estimate of drug-likeness (QED) is 0.890.